The van der Waals surface area contributed by atoms with Crippen LogP contribution in [0.1, 0.15) is 0 Å². The van der Waals surface area contributed by atoms with Crippen LogP contribution in [0.25, 0.3) is 5.65 Å². The lowest BCUT2D eigenvalue weighted by Crippen LogP contribution is -2.47. The summed E-state index contributed by atoms with van der Waals surface area (Å²) in [7, 11) is 0. The van der Waals surface area contributed by atoms with Crippen molar-refractivity contribution < 1.29 is 4.39 Å². The summed E-state index contributed by atoms with van der Waals surface area (Å²) >= 11 is 0. The standard InChI is InChI=1S/C15H15FN6/c16-12-3-1-4-13(18-12)20-7-9-21(10-8-20)15-6-2-5-14-19-17-11-22(14)15/h1-6,11H,7-10H2. The van der Waals surface area contributed by atoms with Gasteiger partial charge in [-0.2, -0.15) is 4.39 Å². The maximum atomic E-state index is 13.2. The Morgan fingerprint density at radius 1 is 0.909 bits per heavy atom. The molecule has 1 fully saturated rings. The molecular weight excluding hydrogens is 283 g/mol. The molecule has 0 radical (unpaired) electrons. The van der Waals surface area contributed by atoms with Crippen molar-refractivity contribution in [2.45, 2.75) is 0 Å². The second-order valence-corrected chi connectivity index (χ2v) is 5.24. The smallest absolute Gasteiger partial charge is 0.214 e. The molecule has 3 aromatic heterocycles. The molecule has 4 heterocycles. The third-order valence-electron chi connectivity index (χ3n) is 3.94. The highest BCUT2D eigenvalue weighted by Crippen LogP contribution is 2.20. The molecule has 0 amide bonds. The molecule has 0 aliphatic carbocycles. The molecule has 1 saturated heterocycles. The van der Waals surface area contributed by atoms with Crippen molar-refractivity contribution in [3.63, 3.8) is 0 Å². The van der Waals surface area contributed by atoms with Crippen LogP contribution < -0.4 is 9.80 Å². The summed E-state index contributed by atoms with van der Waals surface area (Å²) in [4.78, 5) is 8.34. The van der Waals surface area contributed by atoms with Crippen molar-refractivity contribution in [3.05, 3.63) is 48.7 Å². The van der Waals surface area contributed by atoms with Crippen LogP contribution in [0.5, 0.6) is 0 Å². The van der Waals surface area contributed by atoms with Crippen LogP contribution in [0.3, 0.4) is 0 Å². The predicted octanol–water partition coefficient (Wildman–Crippen LogP) is 1.59. The van der Waals surface area contributed by atoms with Crippen LogP contribution in [0.15, 0.2) is 42.7 Å². The quantitative estimate of drug-likeness (QED) is 0.673. The highest BCUT2D eigenvalue weighted by Gasteiger charge is 2.20. The van der Waals surface area contributed by atoms with Crippen molar-refractivity contribution in [3.8, 4) is 0 Å². The molecule has 0 bridgehead atoms. The molecule has 0 unspecified atom stereocenters. The van der Waals surface area contributed by atoms with E-state index in [9.17, 15) is 4.39 Å². The zero-order chi connectivity index (χ0) is 14.9. The number of rotatable bonds is 2. The van der Waals surface area contributed by atoms with Gasteiger partial charge < -0.3 is 9.80 Å². The summed E-state index contributed by atoms with van der Waals surface area (Å²) in [5.41, 5.74) is 0.840. The maximum absolute atomic E-state index is 13.2. The number of piperazine rings is 1. The minimum Gasteiger partial charge on any atom is -0.354 e. The van der Waals surface area contributed by atoms with Crippen molar-refractivity contribution in [2.24, 2.45) is 0 Å². The molecule has 0 atom stereocenters. The summed E-state index contributed by atoms with van der Waals surface area (Å²) in [6.45, 7) is 3.29. The Morgan fingerprint density at radius 3 is 2.50 bits per heavy atom. The van der Waals surface area contributed by atoms with Crippen molar-refractivity contribution >= 4 is 17.3 Å². The molecule has 4 rings (SSSR count). The minimum absolute atomic E-state index is 0.436. The second kappa shape index (κ2) is 5.25. The van der Waals surface area contributed by atoms with Gasteiger partial charge in [-0.3, -0.25) is 4.40 Å². The molecule has 0 N–H and O–H groups in total. The topological polar surface area (TPSA) is 49.6 Å². The van der Waals surface area contributed by atoms with Gasteiger partial charge in [-0.1, -0.05) is 12.1 Å². The molecule has 0 saturated carbocycles. The number of hydrogen-bond donors (Lipinski definition) is 0. The van der Waals surface area contributed by atoms with Gasteiger partial charge in [0.15, 0.2) is 5.65 Å². The van der Waals surface area contributed by atoms with E-state index in [1.807, 2.05) is 22.6 Å². The van der Waals surface area contributed by atoms with Crippen LogP contribution in [0, 0.1) is 5.95 Å². The molecule has 3 aromatic rings. The van der Waals surface area contributed by atoms with Crippen molar-refractivity contribution in [2.75, 3.05) is 36.0 Å². The first-order valence-corrected chi connectivity index (χ1v) is 7.22. The second-order valence-electron chi connectivity index (χ2n) is 5.24. The van der Waals surface area contributed by atoms with Crippen LogP contribution >= 0.6 is 0 Å². The summed E-state index contributed by atoms with van der Waals surface area (Å²) in [6.07, 6.45) is 1.73. The van der Waals surface area contributed by atoms with E-state index >= 15 is 0 Å². The summed E-state index contributed by atoms with van der Waals surface area (Å²) < 4.78 is 15.2. The average Bonchev–Trinajstić information content (AvgIpc) is 3.04. The van der Waals surface area contributed by atoms with Gasteiger partial charge in [0.05, 0.1) is 0 Å². The van der Waals surface area contributed by atoms with E-state index in [0.717, 1.165) is 37.6 Å². The Morgan fingerprint density at radius 2 is 1.68 bits per heavy atom. The number of halogens is 1. The van der Waals surface area contributed by atoms with Gasteiger partial charge in [0.1, 0.15) is 18.0 Å². The van der Waals surface area contributed by atoms with E-state index in [1.165, 1.54) is 6.07 Å². The fourth-order valence-electron chi connectivity index (χ4n) is 2.83. The molecule has 0 aromatic carbocycles. The van der Waals surface area contributed by atoms with Crippen LogP contribution in [0.2, 0.25) is 0 Å². The van der Waals surface area contributed by atoms with Crippen molar-refractivity contribution in [1.29, 1.82) is 0 Å². The Balaban J connectivity index is 1.53. The van der Waals surface area contributed by atoms with Gasteiger partial charge in [-0.15, -0.1) is 10.2 Å². The lowest BCUT2D eigenvalue weighted by molar-refractivity contribution is 0.574. The summed E-state index contributed by atoms with van der Waals surface area (Å²) in [5, 5.41) is 8.02. The van der Waals surface area contributed by atoms with Crippen LogP contribution in [-0.2, 0) is 0 Å². The largest absolute Gasteiger partial charge is 0.354 e. The molecule has 1 aliphatic rings. The fraction of sp³-hybridized carbons (Fsp3) is 0.267. The predicted molar refractivity (Wildman–Crippen MR) is 81.6 cm³/mol. The molecule has 22 heavy (non-hydrogen) atoms. The third kappa shape index (κ3) is 2.24. The van der Waals surface area contributed by atoms with E-state index in [4.69, 9.17) is 0 Å². The van der Waals surface area contributed by atoms with Gasteiger partial charge in [-0.05, 0) is 24.3 Å². The Kier molecular flexibility index (Phi) is 3.10. The average molecular weight is 298 g/mol. The first kappa shape index (κ1) is 13.0. The number of pyridine rings is 2. The van der Waals surface area contributed by atoms with E-state index in [0.29, 0.717) is 5.82 Å². The highest BCUT2D eigenvalue weighted by atomic mass is 19.1. The van der Waals surface area contributed by atoms with Gasteiger partial charge >= 0.3 is 0 Å². The minimum atomic E-state index is -0.436. The van der Waals surface area contributed by atoms with E-state index in [-0.39, 0.29) is 0 Å². The zero-order valence-corrected chi connectivity index (χ0v) is 11.9. The first-order valence-electron chi connectivity index (χ1n) is 7.22. The maximum Gasteiger partial charge on any atom is 0.214 e. The Hall–Kier alpha value is -2.70. The Labute approximate surface area is 126 Å². The van der Waals surface area contributed by atoms with Gasteiger partial charge in [0, 0.05) is 26.2 Å². The molecule has 0 spiro atoms. The van der Waals surface area contributed by atoms with E-state index < -0.39 is 5.95 Å². The van der Waals surface area contributed by atoms with E-state index in [1.54, 1.807) is 12.4 Å². The number of aromatic nitrogens is 4. The number of nitrogens with zero attached hydrogens (tertiary/aromatic N) is 6. The molecule has 1 aliphatic heterocycles. The summed E-state index contributed by atoms with van der Waals surface area (Å²) in [6, 6.07) is 10.9. The number of hydrogen-bond acceptors (Lipinski definition) is 5. The van der Waals surface area contributed by atoms with Gasteiger partial charge in [0.2, 0.25) is 5.95 Å². The van der Waals surface area contributed by atoms with Crippen molar-refractivity contribution in [1.82, 2.24) is 19.6 Å². The molecule has 112 valence electrons. The fourth-order valence-corrected chi connectivity index (χ4v) is 2.83. The first-order chi connectivity index (χ1) is 10.8. The number of fused-ring (bicyclic) bond motifs is 1. The number of anilines is 2. The Bertz CT molecular complexity index is 793. The van der Waals surface area contributed by atoms with Crippen LogP contribution in [0.4, 0.5) is 16.0 Å². The van der Waals surface area contributed by atoms with Gasteiger partial charge in [-0.25, -0.2) is 4.98 Å². The monoisotopic (exact) mass is 298 g/mol. The normalized spacial score (nSPS) is 15.5. The lowest BCUT2D eigenvalue weighted by atomic mass is 10.3. The molecule has 7 heteroatoms. The third-order valence-corrected chi connectivity index (χ3v) is 3.94. The lowest BCUT2D eigenvalue weighted by Gasteiger charge is -2.36. The van der Waals surface area contributed by atoms with Crippen LogP contribution in [-0.4, -0.2) is 45.8 Å². The molecular formula is C15H15FN6. The SMILES string of the molecule is Fc1cccc(N2CCN(c3cccc4nncn34)CC2)n1. The molecule has 6 nitrogen and oxygen atoms in total. The van der Waals surface area contributed by atoms with Gasteiger partial charge in [0.25, 0.3) is 0 Å². The highest BCUT2D eigenvalue weighted by molar-refractivity contribution is 5.52. The van der Waals surface area contributed by atoms with E-state index in [2.05, 4.69) is 31.0 Å². The summed E-state index contributed by atoms with van der Waals surface area (Å²) in [5.74, 6) is 1.34. The zero-order valence-electron chi connectivity index (χ0n) is 11.9.